The first-order valence-electron chi connectivity index (χ1n) is 9.06. The minimum atomic E-state index is -0.612. The van der Waals surface area contributed by atoms with Gasteiger partial charge in [0.2, 0.25) is 5.91 Å². The molecule has 0 bridgehead atoms. The molecule has 1 fully saturated rings. The number of benzene rings is 1. The van der Waals surface area contributed by atoms with Crippen molar-refractivity contribution in [1.82, 2.24) is 10.2 Å². The molecule has 1 amide bonds. The molecule has 25 heavy (non-hydrogen) atoms. The number of rotatable bonds is 7. The fraction of sp³-hybridized carbons (Fsp3) is 0.600. The van der Waals surface area contributed by atoms with Gasteiger partial charge in [0, 0.05) is 0 Å². The molecule has 2 rings (SSSR count). The maximum atomic E-state index is 12.5. The van der Waals surface area contributed by atoms with Gasteiger partial charge in [-0.1, -0.05) is 51.1 Å². The number of esters is 1. The smallest absolute Gasteiger partial charge is 0.328 e. The van der Waals surface area contributed by atoms with E-state index in [1.165, 1.54) is 0 Å². The molecule has 1 N–H and O–H groups in total. The van der Waals surface area contributed by atoms with Gasteiger partial charge in [0.1, 0.15) is 12.6 Å². The number of hydrogen-bond acceptors (Lipinski definition) is 4. The predicted octanol–water partition coefficient (Wildman–Crippen LogP) is 2.75. The monoisotopic (exact) mass is 346 g/mol. The normalized spacial score (nSPS) is 16.4. The minimum Gasteiger partial charge on any atom is -0.459 e. The number of nitrogens with zero attached hydrogens (tertiary/aromatic N) is 1. The van der Waals surface area contributed by atoms with E-state index in [4.69, 9.17) is 4.74 Å². The first kappa shape index (κ1) is 19.4. The maximum Gasteiger partial charge on any atom is 0.328 e. The zero-order valence-corrected chi connectivity index (χ0v) is 15.6. The van der Waals surface area contributed by atoms with Gasteiger partial charge in [0.25, 0.3) is 0 Å². The van der Waals surface area contributed by atoms with Crippen molar-refractivity contribution in [3.05, 3.63) is 35.9 Å². The van der Waals surface area contributed by atoms with Crippen molar-refractivity contribution in [3.8, 4) is 0 Å². The van der Waals surface area contributed by atoms with E-state index >= 15 is 0 Å². The van der Waals surface area contributed by atoms with Crippen molar-refractivity contribution in [3.63, 3.8) is 0 Å². The lowest BCUT2D eigenvalue weighted by atomic mass is 9.88. The van der Waals surface area contributed by atoms with Gasteiger partial charge >= 0.3 is 5.97 Å². The summed E-state index contributed by atoms with van der Waals surface area (Å²) < 4.78 is 5.44. The van der Waals surface area contributed by atoms with E-state index in [-0.39, 0.29) is 23.9 Å². The van der Waals surface area contributed by atoms with E-state index in [0.29, 0.717) is 13.0 Å². The van der Waals surface area contributed by atoms with Crippen LogP contribution in [-0.4, -0.2) is 42.5 Å². The Bertz CT molecular complexity index is 560. The lowest BCUT2D eigenvalue weighted by Gasteiger charge is -2.26. The van der Waals surface area contributed by atoms with Gasteiger partial charge in [0.05, 0.1) is 6.54 Å². The highest BCUT2D eigenvalue weighted by Crippen LogP contribution is 2.22. The first-order valence-corrected chi connectivity index (χ1v) is 9.06. The van der Waals surface area contributed by atoms with Gasteiger partial charge in [-0.2, -0.15) is 0 Å². The Morgan fingerprint density at radius 1 is 1.16 bits per heavy atom. The van der Waals surface area contributed by atoms with Gasteiger partial charge < -0.3 is 10.1 Å². The summed E-state index contributed by atoms with van der Waals surface area (Å²) in [6.07, 6.45) is 2.82. The summed E-state index contributed by atoms with van der Waals surface area (Å²) in [7, 11) is 0. The molecule has 1 unspecified atom stereocenters. The van der Waals surface area contributed by atoms with Crippen molar-refractivity contribution >= 4 is 11.9 Å². The zero-order chi connectivity index (χ0) is 18.3. The molecular weight excluding hydrogens is 316 g/mol. The van der Waals surface area contributed by atoms with Crippen molar-refractivity contribution in [2.45, 2.75) is 52.7 Å². The third kappa shape index (κ3) is 7.26. The second kappa shape index (κ2) is 8.99. The van der Waals surface area contributed by atoms with Crippen LogP contribution in [0.15, 0.2) is 30.3 Å². The molecule has 138 valence electrons. The fourth-order valence-electron chi connectivity index (χ4n) is 3.02. The average Bonchev–Trinajstić information content (AvgIpc) is 3.04. The highest BCUT2D eigenvalue weighted by atomic mass is 16.5. The Hall–Kier alpha value is -1.88. The fourth-order valence-corrected chi connectivity index (χ4v) is 3.02. The molecule has 0 saturated carbocycles. The van der Waals surface area contributed by atoms with Crippen LogP contribution in [0.5, 0.6) is 0 Å². The van der Waals surface area contributed by atoms with Crippen molar-refractivity contribution in [2.75, 3.05) is 19.6 Å². The van der Waals surface area contributed by atoms with Crippen LogP contribution in [0.2, 0.25) is 0 Å². The molecule has 5 nitrogen and oxygen atoms in total. The second-order valence-corrected chi connectivity index (χ2v) is 7.96. The van der Waals surface area contributed by atoms with Crippen LogP contribution in [0.4, 0.5) is 0 Å². The highest BCUT2D eigenvalue weighted by Gasteiger charge is 2.28. The minimum absolute atomic E-state index is 0.0860. The first-order chi connectivity index (χ1) is 11.8. The number of carbonyl (C=O) groups is 2. The highest BCUT2D eigenvalue weighted by molar-refractivity contribution is 5.85. The summed E-state index contributed by atoms with van der Waals surface area (Å²) in [6.45, 7) is 8.64. The van der Waals surface area contributed by atoms with Crippen LogP contribution >= 0.6 is 0 Å². The summed E-state index contributed by atoms with van der Waals surface area (Å²) in [5.74, 6) is -0.471. The van der Waals surface area contributed by atoms with E-state index in [2.05, 4.69) is 31.0 Å². The molecule has 1 aromatic rings. The molecule has 1 heterocycles. The van der Waals surface area contributed by atoms with Crippen molar-refractivity contribution < 1.29 is 14.3 Å². The van der Waals surface area contributed by atoms with Crippen molar-refractivity contribution in [1.29, 1.82) is 0 Å². The Morgan fingerprint density at radius 2 is 1.80 bits per heavy atom. The summed E-state index contributed by atoms with van der Waals surface area (Å²) in [5, 5.41) is 2.88. The third-order valence-corrected chi connectivity index (χ3v) is 4.23. The topological polar surface area (TPSA) is 58.6 Å². The van der Waals surface area contributed by atoms with Gasteiger partial charge in [-0.15, -0.1) is 0 Å². The van der Waals surface area contributed by atoms with Crippen LogP contribution in [0.3, 0.4) is 0 Å². The van der Waals surface area contributed by atoms with Crippen LogP contribution in [0, 0.1) is 5.41 Å². The van der Waals surface area contributed by atoms with Crippen LogP contribution in [0.25, 0.3) is 0 Å². The number of hydrogen-bond donors (Lipinski definition) is 1. The zero-order valence-electron chi connectivity index (χ0n) is 15.6. The van der Waals surface area contributed by atoms with Crippen LogP contribution < -0.4 is 5.32 Å². The molecular formula is C20H30N2O3. The number of amides is 1. The molecule has 5 heteroatoms. The summed E-state index contributed by atoms with van der Waals surface area (Å²) >= 11 is 0. The summed E-state index contributed by atoms with van der Waals surface area (Å²) in [4.78, 5) is 27.0. The third-order valence-electron chi connectivity index (χ3n) is 4.23. The summed E-state index contributed by atoms with van der Waals surface area (Å²) in [5.41, 5.74) is 0.853. The van der Waals surface area contributed by atoms with E-state index in [1.54, 1.807) is 0 Å². The number of nitrogens with one attached hydrogen (secondary N) is 1. The molecule has 1 aliphatic heterocycles. The average molecular weight is 346 g/mol. The largest absolute Gasteiger partial charge is 0.459 e. The molecule has 0 radical (unpaired) electrons. The Balaban J connectivity index is 1.91. The molecule has 1 saturated heterocycles. The van der Waals surface area contributed by atoms with Gasteiger partial charge in [-0.05, 0) is 43.3 Å². The van der Waals surface area contributed by atoms with E-state index in [9.17, 15) is 9.59 Å². The Kier molecular flexibility index (Phi) is 7.00. The second-order valence-electron chi connectivity index (χ2n) is 7.96. The van der Waals surface area contributed by atoms with Gasteiger partial charge in [-0.3, -0.25) is 9.69 Å². The SMILES string of the molecule is CC(C)(C)CC(NC(=O)CN1CCCC1)C(=O)OCc1ccccc1. The molecule has 0 aromatic heterocycles. The van der Waals surface area contributed by atoms with Crippen LogP contribution in [0.1, 0.15) is 45.6 Å². The standard InChI is InChI=1S/C20H30N2O3/c1-20(2,3)13-17(21-18(23)14-22-11-7-8-12-22)19(24)25-15-16-9-5-4-6-10-16/h4-6,9-10,17H,7-8,11-15H2,1-3H3,(H,21,23). The molecule has 0 spiro atoms. The Labute approximate surface area is 150 Å². The van der Waals surface area contributed by atoms with Gasteiger partial charge in [0.15, 0.2) is 0 Å². The lowest BCUT2D eigenvalue weighted by Crippen LogP contribution is -2.47. The number of likely N-dealkylation sites (tertiary alicyclic amines) is 1. The van der Waals surface area contributed by atoms with E-state index < -0.39 is 6.04 Å². The quantitative estimate of drug-likeness (QED) is 0.771. The molecule has 1 aromatic carbocycles. The Morgan fingerprint density at radius 3 is 2.40 bits per heavy atom. The maximum absolute atomic E-state index is 12.5. The molecule has 0 aliphatic carbocycles. The van der Waals surface area contributed by atoms with Gasteiger partial charge in [-0.25, -0.2) is 4.79 Å². The lowest BCUT2D eigenvalue weighted by molar-refractivity contribution is -0.150. The van der Waals surface area contributed by atoms with Crippen molar-refractivity contribution in [2.24, 2.45) is 5.41 Å². The number of carbonyl (C=O) groups excluding carboxylic acids is 2. The van der Waals surface area contributed by atoms with E-state index in [0.717, 1.165) is 31.5 Å². The summed E-state index contributed by atoms with van der Waals surface area (Å²) in [6, 6.07) is 8.96. The molecule has 1 atom stereocenters. The van der Waals surface area contributed by atoms with E-state index in [1.807, 2.05) is 30.3 Å². The number of ether oxygens (including phenoxy) is 1. The predicted molar refractivity (Wildman–Crippen MR) is 97.9 cm³/mol. The molecule has 1 aliphatic rings. The van der Waals surface area contributed by atoms with Crippen LogP contribution in [-0.2, 0) is 20.9 Å².